The second-order valence-corrected chi connectivity index (χ2v) is 4.05. The van der Waals surface area contributed by atoms with Crippen LogP contribution >= 0.6 is 0 Å². The van der Waals surface area contributed by atoms with Gasteiger partial charge in [0.1, 0.15) is 0 Å². The number of nitrogens with zero attached hydrogens (tertiary/aromatic N) is 2. The average molecular weight is 244 g/mol. The van der Waals surface area contributed by atoms with Crippen LogP contribution in [0.1, 0.15) is 21.6 Å². The normalized spacial score (nSPS) is 10.3. The highest BCUT2D eigenvalue weighted by Gasteiger charge is 2.17. The van der Waals surface area contributed by atoms with Crippen molar-refractivity contribution in [3.63, 3.8) is 0 Å². The number of aryl methyl sites for hydroxylation is 1. The van der Waals surface area contributed by atoms with Gasteiger partial charge in [0.25, 0.3) is 5.69 Å². The van der Waals surface area contributed by atoms with Crippen LogP contribution < -0.4 is 0 Å². The summed E-state index contributed by atoms with van der Waals surface area (Å²) in [5.41, 5.74) is 2.66. The summed E-state index contributed by atoms with van der Waals surface area (Å²) in [6, 6.07) is 6.58. The van der Waals surface area contributed by atoms with E-state index in [9.17, 15) is 14.9 Å². The molecule has 2 aromatic rings. The van der Waals surface area contributed by atoms with E-state index < -0.39 is 4.92 Å². The molecular weight excluding hydrogens is 232 g/mol. The Kier molecular flexibility index (Phi) is 2.97. The number of hydrogen-bond donors (Lipinski definition) is 0. The third-order valence-corrected chi connectivity index (χ3v) is 2.94. The lowest BCUT2D eigenvalue weighted by atomic mass is 10.1. The van der Waals surface area contributed by atoms with E-state index in [-0.39, 0.29) is 5.69 Å². The summed E-state index contributed by atoms with van der Waals surface area (Å²) < 4.78 is 1.67. The van der Waals surface area contributed by atoms with Crippen LogP contribution in [-0.4, -0.2) is 15.8 Å². The van der Waals surface area contributed by atoms with Crippen LogP contribution in [0.3, 0.4) is 0 Å². The molecule has 0 unspecified atom stereocenters. The van der Waals surface area contributed by atoms with Gasteiger partial charge in [0, 0.05) is 12.3 Å². The summed E-state index contributed by atoms with van der Waals surface area (Å²) in [5, 5.41) is 10.9. The van der Waals surface area contributed by atoms with Crippen molar-refractivity contribution in [2.75, 3.05) is 0 Å². The molecule has 2 rings (SSSR count). The minimum Gasteiger partial charge on any atom is -0.313 e. The van der Waals surface area contributed by atoms with Gasteiger partial charge in [-0.25, -0.2) is 0 Å². The molecule has 0 bridgehead atoms. The maximum absolute atomic E-state index is 10.9. The number of carbonyl (C=O) groups excluding carboxylic acids is 1. The lowest BCUT2D eigenvalue weighted by Gasteiger charge is -2.12. The second-order valence-electron chi connectivity index (χ2n) is 4.05. The third-order valence-electron chi connectivity index (χ3n) is 2.94. The van der Waals surface area contributed by atoms with Crippen molar-refractivity contribution in [1.29, 1.82) is 0 Å². The molecule has 0 spiro atoms. The van der Waals surface area contributed by atoms with E-state index in [0.717, 1.165) is 11.8 Å². The zero-order valence-corrected chi connectivity index (χ0v) is 10.1. The first-order valence-electron chi connectivity index (χ1n) is 5.43. The van der Waals surface area contributed by atoms with Crippen molar-refractivity contribution >= 4 is 12.0 Å². The van der Waals surface area contributed by atoms with Crippen molar-refractivity contribution in [3.8, 4) is 5.69 Å². The molecule has 0 fully saturated rings. The van der Waals surface area contributed by atoms with E-state index in [2.05, 4.69) is 0 Å². The molecule has 0 N–H and O–H groups in total. The minimum atomic E-state index is -0.414. The van der Waals surface area contributed by atoms with E-state index >= 15 is 0 Å². The first kappa shape index (κ1) is 12.0. The molecule has 1 aromatic carbocycles. The zero-order chi connectivity index (χ0) is 13.3. The topological polar surface area (TPSA) is 65.1 Å². The molecule has 0 atom stereocenters. The summed E-state index contributed by atoms with van der Waals surface area (Å²) in [4.78, 5) is 21.5. The lowest BCUT2D eigenvalue weighted by molar-refractivity contribution is -0.385. The molecule has 0 saturated heterocycles. The summed E-state index contributed by atoms with van der Waals surface area (Å²) in [5.74, 6) is 0. The Morgan fingerprint density at radius 3 is 2.61 bits per heavy atom. The number of carbonyl (C=O) groups is 1. The maximum atomic E-state index is 10.9. The Labute approximate surface area is 104 Å². The summed E-state index contributed by atoms with van der Waals surface area (Å²) in [6.07, 6.45) is 2.46. The van der Waals surface area contributed by atoms with Crippen LogP contribution in [0, 0.1) is 24.0 Å². The molecule has 5 heteroatoms. The lowest BCUT2D eigenvalue weighted by Crippen LogP contribution is -2.05. The van der Waals surface area contributed by atoms with Crippen molar-refractivity contribution < 1.29 is 9.72 Å². The van der Waals surface area contributed by atoms with Crippen molar-refractivity contribution in [3.05, 3.63) is 57.4 Å². The number of aldehydes is 1. The van der Waals surface area contributed by atoms with Crippen LogP contribution in [0.25, 0.3) is 5.69 Å². The highest BCUT2D eigenvalue weighted by atomic mass is 16.6. The summed E-state index contributed by atoms with van der Waals surface area (Å²) in [6.45, 7) is 3.55. The van der Waals surface area contributed by atoms with Gasteiger partial charge in [0.2, 0.25) is 0 Å². The number of nitro groups is 1. The molecule has 0 aliphatic rings. The molecule has 1 aromatic heterocycles. The molecule has 0 amide bonds. The fraction of sp³-hybridized carbons (Fsp3) is 0.154. The standard InChI is InChI=1S/C13H12N2O3/c1-9-5-6-12(15(17)18)10(2)13(9)14-7-3-4-11(14)8-16/h3-8H,1-2H3. The molecule has 0 aliphatic carbocycles. The average Bonchev–Trinajstić information content (AvgIpc) is 2.76. The van der Waals surface area contributed by atoms with E-state index in [0.29, 0.717) is 16.9 Å². The number of hydrogen-bond acceptors (Lipinski definition) is 3. The van der Waals surface area contributed by atoms with Gasteiger partial charge in [-0.15, -0.1) is 0 Å². The van der Waals surface area contributed by atoms with Gasteiger partial charge >= 0.3 is 0 Å². The first-order chi connectivity index (χ1) is 8.56. The van der Waals surface area contributed by atoms with Gasteiger partial charge < -0.3 is 4.57 Å². The van der Waals surface area contributed by atoms with Crippen LogP contribution in [0.4, 0.5) is 5.69 Å². The monoisotopic (exact) mass is 244 g/mol. The highest BCUT2D eigenvalue weighted by Crippen LogP contribution is 2.28. The second kappa shape index (κ2) is 4.44. The van der Waals surface area contributed by atoms with Crippen LogP contribution in [-0.2, 0) is 0 Å². The highest BCUT2D eigenvalue weighted by molar-refractivity contribution is 5.75. The van der Waals surface area contributed by atoms with Crippen molar-refractivity contribution in [2.45, 2.75) is 13.8 Å². The maximum Gasteiger partial charge on any atom is 0.274 e. The van der Waals surface area contributed by atoms with Crippen molar-refractivity contribution in [2.24, 2.45) is 0 Å². The van der Waals surface area contributed by atoms with Crippen LogP contribution in [0.2, 0.25) is 0 Å². The Bertz CT molecular complexity index is 629. The van der Waals surface area contributed by atoms with Gasteiger partial charge in [-0.05, 0) is 31.5 Å². The molecule has 0 aliphatic heterocycles. The SMILES string of the molecule is Cc1ccc([N+](=O)[O-])c(C)c1-n1cccc1C=O. The van der Waals surface area contributed by atoms with E-state index in [1.807, 2.05) is 6.92 Å². The van der Waals surface area contributed by atoms with Gasteiger partial charge in [-0.3, -0.25) is 14.9 Å². The fourth-order valence-electron chi connectivity index (χ4n) is 2.09. The molecule has 5 nitrogen and oxygen atoms in total. The van der Waals surface area contributed by atoms with E-state index in [1.54, 1.807) is 35.9 Å². The van der Waals surface area contributed by atoms with Crippen molar-refractivity contribution in [1.82, 2.24) is 4.57 Å². The molecule has 18 heavy (non-hydrogen) atoms. The predicted octanol–water partition coefficient (Wildman–Crippen LogP) is 2.81. The third kappa shape index (κ3) is 1.79. The number of benzene rings is 1. The van der Waals surface area contributed by atoms with Crippen LogP contribution in [0.5, 0.6) is 0 Å². The number of aromatic nitrogens is 1. The van der Waals surface area contributed by atoms with Gasteiger partial charge in [0.05, 0.1) is 21.9 Å². The van der Waals surface area contributed by atoms with E-state index in [1.165, 1.54) is 6.07 Å². The molecule has 0 radical (unpaired) electrons. The Morgan fingerprint density at radius 2 is 2.00 bits per heavy atom. The zero-order valence-electron chi connectivity index (χ0n) is 10.1. The summed E-state index contributed by atoms with van der Waals surface area (Å²) in [7, 11) is 0. The Balaban J connectivity index is 2.74. The number of nitro benzene ring substituents is 1. The first-order valence-corrected chi connectivity index (χ1v) is 5.43. The Morgan fingerprint density at radius 1 is 1.28 bits per heavy atom. The fourth-order valence-corrected chi connectivity index (χ4v) is 2.09. The molecule has 92 valence electrons. The molecular formula is C13H12N2O3. The summed E-state index contributed by atoms with van der Waals surface area (Å²) >= 11 is 0. The number of rotatable bonds is 3. The van der Waals surface area contributed by atoms with Gasteiger partial charge in [-0.2, -0.15) is 0 Å². The minimum absolute atomic E-state index is 0.0566. The van der Waals surface area contributed by atoms with Crippen LogP contribution in [0.15, 0.2) is 30.5 Å². The van der Waals surface area contributed by atoms with Gasteiger partial charge in [0.15, 0.2) is 6.29 Å². The quantitative estimate of drug-likeness (QED) is 0.473. The Hall–Kier alpha value is -2.43. The largest absolute Gasteiger partial charge is 0.313 e. The van der Waals surface area contributed by atoms with E-state index in [4.69, 9.17) is 0 Å². The predicted molar refractivity (Wildman–Crippen MR) is 67.3 cm³/mol. The molecule has 1 heterocycles. The van der Waals surface area contributed by atoms with Gasteiger partial charge in [-0.1, -0.05) is 6.07 Å². The molecule has 0 saturated carbocycles. The smallest absolute Gasteiger partial charge is 0.274 e.